The fourth-order valence-corrected chi connectivity index (χ4v) is 5.80. The molecule has 0 aromatic heterocycles. The maximum atomic E-state index is 12.2. The molecule has 0 fully saturated rings. The third-order valence-electron chi connectivity index (χ3n) is 7.81. The maximum absolute atomic E-state index is 12.2. The van der Waals surface area contributed by atoms with Gasteiger partial charge in [-0.15, -0.1) is 11.1 Å². The van der Waals surface area contributed by atoms with Crippen molar-refractivity contribution in [1.82, 2.24) is 0 Å². The van der Waals surface area contributed by atoms with Crippen LogP contribution in [-0.2, 0) is 41.5 Å². The van der Waals surface area contributed by atoms with Gasteiger partial charge in [0.05, 0.1) is 0 Å². The van der Waals surface area contributed by atoms with E-state index in [0.717, 1.165) is 18.4 Å². The Kier molecular flexibility index (Phi) is 15.0. The molecule has 3 aromatic rings. The van der Waals surface area contributed by atoms with Gasteiger partial charge in [-0.2, -0.15) is 35.4 Å². The molecule has 0 amide bonds. The summed E-state index contributed by atoms with van der Waals surface area (Å²) >= 11 is 1.34. The second kappa shape index (κ2) is 16.3. The molecule has 0 saturated carbocycles. The minimum atomic E-state index is -0.170. The molecule has 0 aliphatic heterocycles. The van der Waals surface area contributed by atoms with Crippen molar-refractivity contribution in [2.75, 3.05) is 0 Å². The number of hydrogen-bond acceptors (Lipinski definition) is 0. The van der Waals surface area contributed by atoms with Gasteiger partial charge in [0.25, 0.3) is 0 Å². The molecule has 0 saturated heterocycles. The largest absolute Gasteiger partial charge is 1.00 e. The van der Waals surface area contributed by atoms with Gasteiger partial charge in [-0.1, -0.05) is 118 Å². The van der Waals surface area contributed by atoms with Crippen molar-refractivity contribution in [1.29, 1.82) is 0 Å². The Bertz CT molecular complexity index is 1400. The van der Waals surface area contributed by atoms with E-state index in [1.807, 2.05) is 3.71 Å². The summed E-state index contributed by atoms with van der Waals surface area (Å²) in [5.41, 5.74) is 13.0. The number of benzene rings is 3. The van der Waals surface area contributed by atoms with Crippen LogP contribution in [0.4, 0.5) is 4.39 Å². The summed E-state index contributed by atoms with van der Waals surface area (Å²) < 4.78 is 14.2. The predicted octanol–water partition coefficient (Wildman–Crippen LogP) is 4.93. The molecule has 5 rings (SSSR count). The van der Waals surface area contributed by atoms with E-state index in [-0.39, 0.29) is 41.5 Å². The molecule has 0 nitrogen and oxygen atoms in total. The fourth-order valence-electron chi connectivity index (χ4n) is 5.33. The van der Waals surface area contributed by atoms with E-state index in [2.05, 4.69) is 125 Å². The van der Waals surface area contributed by atoms with Crippen molar-refractivity contribution in [3.63, 3.8) is 0 Å². The first kappa shape index (κ1) is 40.4. The van der Waals surface area contributed by atoms with Crippen molar-refractivity contribution >= 4 is 3.71 Å². The van der Waals surface area contributed by atoms with Gasteiger partial charge in [0.1, 0.15) is 0 Å². The van der Waals surface area contributed by atoms with Crippen LogP contribution in [0.25, 0.3) is 11.1 Å². The number of allylic oxidation sites excluding steroid dienone is 4. The standard InChI is InChI=1S/C21H25.C12H19.C7H5F.2ClH.Zr/c1-20(2,3)16-7-9-18-14(12-16)11-15-13-17(21(4,5)6)8-10-19(15)18;1-6-10-7-9(2)8-11(10)12(3,4)5;1-6-2-4-7(8)5-3-6;;;/h7-10,12H,11H2,1-6H3;8-9H,6H2,1-5H3;1-5H;2*1H;/q2*-1;;;;+2/p-2. The summed E-state index contributed by atoms with van der Waals surface area (Å²) in [4.78, 5) is 0. The number of fused-ring (bicyclic) bond motifs is 3. The van der Waals surface area contributed by atoms with Crippen LogP contribution in [0.1, 0.15) is 110 Å². The summed E-state index contributed by atoms with van der Waals surface area (Å²) in [5, 5.41) is 0. The van der Waals surface area contributed by atoms with Crippen LogP contribution in [-0.4, -0.2) is 3.71 Å². The molecule has 236 valence electrons. The second-order valence-electron chi connectivity index (χ2n) is 14.6. The first-order valence-corrected chi connectivity index (χ1v) is 16.7. The Morgan fingerprint density at radius 2 is 1.41 bits per heavy atom. The Hall–Kier alpha value is -1.60. The van der Waals surface area contributed by atoms with Gasteiger partial charge >= 0.3 is 68.0 Å². The number of hydrogen-bond donors (Lipinski definition) is 0. The molecule has 0 radical (unpaired) electrons. The first-order chi connectivity index (χ1) is 19.4. The van der Waals surface area contributed by atoms with E-state index in [1.165, 1.54) is 80.9 Å². The van der Waals surface area contributed by atoms with E-state index < -0.39 is 0 Å². The van der Waals surface area contributed by atoms with Crippen molar-refractivity contribution in [2.24, 2.45) is 11.3 Å². The zero-order valence-electron chi connectivity index (χ0n) is 28.5. The molecule has 3 aromatic carbocycles. The zero-order valence-corrected chi connectivity index (χ0v) is 32.4. The Balaban J connectivity index is 0.000000359. The van der Waals surface area contributed by atoms with Crippen LogP contribution >= 0.6 is 0 Å². The van der Waals surface area contributed by atoms with E-state index in [4.69, 9.17) is 0 Å². The Morgan fingerprint density at radius 3 is 1.89 bits per heavy atom. The third-order valence-corrected chi connectivity index (χ3v) is 8.63. The average molecular weight is 711 g/mol. The van der Waals surface area contributed by atoms with Crippen LogP contribution in [0, 0.1) is 29.3 Å². The summed E-state index contributed by atoms with van der Waals surface area (Å²) in [6.45, 7) is 24.8. The molecule has 2 aliphatic carbocycles. The van der Waals surface area contributed by atoms with Crippen LogP contribution < -0.4 is 24.8 Å². The minimum absolute atomic E-state index is 0. The van der Waals surface area contributed by atoms with Gasteiger partial charge in [-0.25, -0.2) is 5.57 Å². The van der Waals surface area contributed by atoms with E-state index in [9.17, 15) is 4.39 Å². The predicted molar refractivity (Wildman–Crippen MR) is 176 cm³/mol. The quantitative estimate of drug-likeness (QED) is 0.259. The normalized spacial score (nSPS) is 15.1. The summed E-state index contributed by atoms with van der Waals surface area (Å²) in [6.07, 6.45) is 7.98. The van der Waals surface area contributed by atoms with E-state index in [0.29, 0.717) is 11.3 Å². The minimum Gasteiger partial charge on any atom is -1.00 e. The number of halogens is 3. The van der Waals surface area contributed by atoms with Crippen LogP contribution in [0.3, 0.4) is 0 Å². The van der Waals surface area contributed by atoms with Crippen LogP contribution in [0.15, 0.2) is 71.8 Å². The van der Waals surface area contributed by atoms with Gasteiger partial charge in [-0.3, -0.25) is 6.08 Å². The van der Waals surface area contributed by atoms with E-state index >= 15 is 0 Å². The SMILES string of the molecule is CC(C)(C)c1[c-]c2c(cc1)-c1ccc(C(C)(C)C)cc1C2.CCC1=[C-]C(C)C=C1C(C)(C)C.Fc1ccc([CH]=[Zr+2])cc1.[Cl-].[Cl-]. The Labute approximate surface area is 295 Å². The molecule has 0 bridgehead atoms. The van der Waals surface area contributed by atoms with Crippen LogP contribution in [0.2, 0.25) is 0 Å². The number of rotatable bonds is 2. The first-order valence-electron chi connectivity index (χ1n) is 15.2. The van der Waals surface area contributed by atoms with Crippen molar-refractivity contribution in [3.8, 4) is 11.1 Å². The van der Waals surface area contributed by atoms with Crippen LogP contribution in [0.5, 0.6) is 0 Å². The van der Waals surface area contributed by atoms with Gasteiger partial charge in [-0.05, 0) is 28.4 Å². The van der Waals surface area contributed by atoms with Crippen molar-refractivity contribution in [2.45, 2.75) is 99.8 Å². The monoisotopic (exact) mass is 708 g/mol. The average Bonchev–Trinajstić information content (AvgIpc) is 3.48. The summed E-state index contributed by atoms with van der Waals surface area (Å²) in [7, 11) is 0. The molecule has 1 unspecified atom stereocenters. The molecule has 4 heteroatoms. The van der Waals surface area contributed by atoms with Gasteiger partial charge in [0.15, 0.2) is 0 Å². The van der Waals surface area contributed by atoms with Gasteiger partial charge in [0, 0.05) is 0 Å². The smallest absolute Gasteiger partial charge is 1.00 e. The molecule has 0 N–H and O–H groups in total. The fraction of sp³-hybridized carbons (Fsp3) is 0.425. The third kappa shape index (κ3) is 10.7. The summed E-state index contributed by atoms with van der Waals surface area (Å²) in [6, 6.07) is 21.6. The topological polar surface area (TPSA) is 0 Å². The van der Waals surface area contributed by atoms with Gasteiger partial charge in [0.2, 0.25) is 0 Å². The maximum Gasteiger partial charge on any atom is -1.00 e. The molecule has 0 spiro atoms. The molecule has 0 heterocycles. The Morgan fingerprint density at radius 1 is 0.818 bits per heavy atom. The molecule has 44 heavy (non-hydrogen) atoms. The molecular weight excluding hydrogens is 662 g/mol. The van der Waals surface area contributed by atoms with Gasteiger partial charge < -0.3 is 24.8 Å². The molecule has 2 aliphatic rings. The zero-order chi connectivity index (χ0) is 31.5. The second-order valence-corrected chi connectivity index (χ2v) is 15.3. The van der Waals surface area contributed by atoms with E-state index in [1.54, 1.807) is 12.1 Å². The molecule has 1 atom stereocenters. The molecular formula is C40H49Cl2FZr-2. The van der Waals surface area contributed by atoms with Crippen molar-refractivity contribution < 1.29 is 53.4 Å². The summed E-state index contributed by atoms with van der Waals surface area (Å²) in [5.74, 6) is 0.352. The van der Waals surface area contributed by atoms with Crippen molar-refractivity contribution in [3.05, 3.63) is 118 Å².